The molecule has 0 aliphatic carbocycles. The van der Waals surface area contributed by atoms with Crippen molar-refractivity contribution in [2.24, 2.45) is 0 Å². The zero-order valence-electron chi connectivity index (χ0n) is 9.00. The van der Waals surface area contributed by atoms with Gasteiger partial charge in [0.25, 0.3) is 0 Å². The van der Waals surface area contributed by atoms with Crippen LogP contribution < -0.4 is 5.73 Å². The predicted molar refractivity (Wildman–Crippen MR) is 62.3 cm³/mol. The summed E-state index contributed by atoms with van der Waals surface area (Å²) >= 11 is 0. The molecule has 0 aliphatic rings. The van der Waals surface area contributed by atoms with Gasteiger partial charge in [-0.25, -0.2) is 15.0 Å². The molecule has 2 N–H and O–H groups in total. The summed E-state index contributed by atoms with van der Waals surface area (Å²) in [6.45, 7) is 4.74. The highest BCUT2D eigenvalue weighted by atomic mass is 15.0. The molecule has 0 spiro atoms. The van der Waals surface area contributed by atoms with Crippen LogP contribution in [0.2, 0.25) is 0 Å². The first-order chi connectivity index (χ1) is 7.79. The first-order valence-electron chi connectivity index (χ1n) is 5.18. The van der Waals surface area contributed by atoms with E-state index < -0.39 is 0 Å². The van der Waals surface area contributed by atoms with Crippen LogP contribution in [0.25, 0.3) is 11.3 Å². The third kappa shape index (κ3) is 2.36. The molecule has 0 aromatic carbocycles. The minimum atomic E-state index is 0.278. The molecule has 83 valence electrons. The van der Waals surface area contributed by atoms with Crippen LogP contribution in [0.3, 0.4) is 0 Å². The lowest BCUT2D eigenvalue weighted by Gasteiger charge is -1.98. The van der Waals surface area contributed by atoms with Gasteiger partial charge in [0, 0.05) is 30.7 Å². The van der Waals surface area contributed by atoms with Gasteiger partial charge in [-0.15, -0.1) is 0 Å². The molecule has 0 amide bonds. The Morgan fingerprint density at radius 2 is 2.00 bits per heavy atom. The minimum absolute atomic E-state index is 0.278. The fraction of sp³-hybridized carbons (Fsp3) is 0.273. The number of nitrogen functional groups attached to an aromatic ring is 1. The van der Waals surface area contributed by atoms with Gasteiger partial charge in [0.05, 0.1) is 12.0 Å². The zero-order valence-corrected chi connectivity index (χ0v) is 9.00. The van der Waals surface area contributed by atoms with Crippen molar-refractivity contribution >= 4 is 5.95 Å². The van der Waals surface area contributed by atoms with Gasteiger partial charge in [-0.2, -0.15) is 0 Å². The quantitative estimate of drug-likeness (QED) is 0.841. The smallest absolute Gasteiger partial charge is 0.219 e. The molecule has 16 heavy (non-hydrogen) atoms. The molecule has 2 aromatic heterocycles. The van der Waals surface area contributed by atoms with Gasteiger partial charge >= 0.3 is 0 Å². The summed E-state index contributed by atoms with van der Waals surface area (Å²) < 4.78 is 2.04. The average molecular weight is 216 g/mol. The second-order valence-corrected chi connectivity index (χ2v) is 3.53. The normalized spacial score (nSPS) is 10.6. The zero-order chi connectivity index (χ0) is 11.4. The molecule has 2 heterocycles. The molecule has 0 saturated heterocycles. The number of aromatic nitrogens is 4. The molecule has 0 bridgehead atoms. The maximum atomic E-state index is 5.42. The number of hydrogen-bond acceptors (Lipinski definition) is 4. The van der Waals surface area contributed by atoms with Gasteiger partial charge in [0.15, 0.2) is 0 Å². The van der Waals surface area contributed by atoms with Crippen LogP contribution in [0.5, 0.6) is 0 Å². The second-order valence-electron chi connectivity index (χ2n) is 3.53. The molecule has 0 fully saturated rings. The highest BCUT2D eigenvalue weighted by Gasteiger charge is 2.02. The second kappa shape index (κ2) is 4.74. The topological polar surface area (TPSA) is 69.6 Å². The van der Waals surface area contributed by atoms with Gasteiger partial charge in [-0.3, -0.25) is 0 Å². The van der Waals surface area contributed by atoms with Crippen molar-refractivity contribution in [3.8, 4) is 11.3 Å². The number of imidazole rings is 1. The Morgan fingerprint density at radius 1 is 1.25 bits per heavy atom. The number of unbranched alkanes of at least 4 members (excludes halogenated alkanes) is 1. The van der Waals surface area contributed by atoms with Crippen LogP contribution in [0, 0.1) is 6.92 Å². The van der Waals surface area contributed by atoms with Crippen molar-refractivity contribution in [2.45, 2.75) is 19.4 Å². The Bertz CT molecular complexity index is 446. The highest BCUT2D eigenvalue weighted by Crippen LogP contribution is 2.15. The Balaban J connectivity index is 2.15. The predicted octanol–water partition coefficient (Wildman–Crippen LogP) is 1.54. The van der Waals surface area contributed by atoms with Crippen molar-refractivity contribution in [2.75, 3.05) is 5.73 Å². The molecule has 2 rings (SSSR count). The Labute approximate surface area is 94.4 Å². The fourth-order valence-electron chi connectivity index (χ4n) is 1.40. The number of hydrogen-bond donors (Lipinski definition) is 1. The molecule has 2 aromatic rings. The van der Waals surface area contributed by atoms with Crippen LogP contribution in [0.15, 0.2) is 24.9 Å². The van der Waals surface area contributed by atoms with Crippen LogP contribution in [-0.2, 0) is 6.54 Å². The van der Waals surface area contributed by atoms with Gasteiger partial charge < -0.3 is 10.3 Å². The van der Waals surface area contributed by atoms with E-state index in [0.717, 1.165) is 30.6 Å². The summed E-state index contributed by atoms with van der Waals surface area (Å²) in [7, 11) is 0. The number of aryl methyl sites for hydroxylation is 1. The molecule has 0 aliphatic heterocycles. The van der Waals surface area contributed by atoms with E-state index in [0.29, 0.717) is 0 Å². The molecular weight excluding hydrogens is 202 g/mol. The van der Waals surface area contributed by atoms with E-state index in [9.17, 15) is 0 Å². The molecule has 0 atom stereocenters. The standard InChI is InChI=1S/C11H14N5/c1-2-3-4-16-7-10(15-8-16)9-5-13-11(12)14-6-9/h5-8H,1-4H2,(H2,12,13,14). The van der Waals surface area contributed by atoms with E-state index in [1.54, 1.807) is 18.7 Å². The van der Waals surface area contributed by atoms with Crippen molar-refractivity contribution in [3.63, 3.8) is 0 Å². The maximum absolute atomic E-state index is 5.42. The Hall–Kier alpha value is -1.91. The monoisotopic (exact) mass is 216 g/mol. The molecule has 5 nitrogen and oxygen atoms in total. The summed E-state index contributed by atoms with van der Waals surface area (Å²) in [6, 6.07) is 0. The Morgan fingerprint density at radius 3 is 2.69 bits per heavy atom. The van der Waals surface area contributed by atoms with E-state index in [4.69, 9.17) is 5.73 Å². The third-order valence-corrected chi connectivity index (χ3v) is 2.27. The minimum Gasteiger partial charge on any atom is -0.368 e. The van der Waals surface area contributed by atoms with Crippen LogP contribution >= 0.6 is 0 Å². The highest BCUT2D eigenvalue weighted by molar-refractivity contribution is 5.56. The lowest BCUT2D eigenvalue weighted by atomic mass is 10.3. The molecule has 0 unspecified atom stereocenters. The summed E-state index contributed by atoms with van der Waals surface area (Å²) in [4.78, 5) is 12.2. The lowest BCUT2D eigenvalue weighted by Crippen LogP contribution is -1.94. The van der Waals surface area contributed by atoms with Crippen molar-refractivity contribution in [3.05, 3.63) is 31.8 Å². The van der Waals surface area contributed by atoms with Crippen molar-refractivity contribution in [1.29, 1.82) is 0 Å². The van der Waals surface area contributed by atoms with Crippen LogP contribution in [0.1, 0.15) is 12.8 Å². The average Bonchev–Trinajstić information content (AvgIpc) is 2.76. The SMILES string of the molecule is [CH2]CCCn1cnc(-c2cnc(N)nc2)c1. The van der Waals surface area contributed by atoms with Crippen LogP contribution in [0.4, 0.5) is 5.95 Å². The fourth-order valence-corrected chi connectivity index (χ4v) is 1.40. The van der Waals surface area contributed by atoms with Gasteiger partial charge in [0.1, 0.15) is 0 Å². The largest absolute Gasteiger partial charge is 0.368 e. The first-order valence-corrected chi connectivity index (χ1v) is 5.18. The number of anilines is 1. The number of nitrogens with two attached hydrogens (primary N) is 1. The van der Waals surface area contributed by atoms with Crippen molar-refractivity contribution < 1.29 is 0 Å². The van der Waals surface area contributed by atoms with E-state index in [-0.39, 0.29) is 5.95 Å². The molecule has 1 radical (unpaired) electrons. The molecule has 5 heteroatoms. The van der Waals surface area contributed by atoms with E-state index in [1.807, 2.05) is 10.8 Å². The number of nitrogens with zero attached hydrogens (tertiary/aromatic N) is 4. The van der Waals surface area contributed by atoms with Gasteiger partial charge in [0.2, 0.25) is 5.95 Å². The maximum Gasteiger partial charge on any atom is 0.219 e. The van der Waals surface area contributed by atoms with Gasteiger partial charge in [-0.1, -0.05) is 13.3 Å². The molecular formula is C11H14N5. The number of rotatable bonds is 4. The van der Waals surface area contributed by atoms with Crippen LogP contribution in [-0.4, -0.2) is 19.5 Å². The van der Waals surface area contributed by atoms with E-state index >= 15 is 0 Å². The van der Waals surface area contributed by atoms with E-state index in [1.165, 1.54) is 0 Å². The summed E-state index contributed by atoms with van der Waals surface area (Å²) in [6.07, 6.45) is 9.12. The van der Waals surface area contributed by atoms with E-state index in [2.05, 4.69) is 21.9 Å². The summed E-state index contributed by atoms with van der Waals surface area (Å²) in [5, 5.41) is 0. The van der Waals surface area contributed by atoms with Gasteiger partial charge in [-0.05, 0) is 6.42 Å². The third-order valence-electron chi connectivity index (χ3n) is 2.27. The van der Waals surface area contributed by atoms with Crippen molar-refractivity contribution in [1.82, 2.24) is 19.5 Å². The summed E-state index contributed by atoms with van der Waals surface area (Å²) in [5.41, 5.74) is 7.16. The summed E-state index contributed by atoms with van der Waals surface area (Å²) in [5.74, 6) is 0.278. The first kappa shape index (κ1) is 10.6. The Kier molecular flexibility index (Phi) is 3.14. The molecule has 0 saturated carbocycles. The lowest BCUT2D eigenvalue weighted by molar-refractivity contribution is 0.648.